The Kier molecular flexibility index (Phi) is 6.34. The molecule has 0 heterocycles. The molecule has 0 bridgehead atoms. The summed E-state index contributed by atoms with van der Waals surface area (Å²) in [6.07, 6.45) is 0.711. The first-order valence-corrected chi connectivity index (χ1v) is 7.10. The van der Waals surface area contributed by atoms with Gasteiger partial charge in [0.1, 0.15) is 5.60 Å². The summed E-state index contributed by atoms with van der Waals surface area (Å²) in [6.45, 7) is 8.50. The SMILES string of the molecule is CCOS(=O)(=O)/C=C\[C@H](C)NC(=O)OC(C)(C)C. The summed E-state index contributed by atoms with van der Waals surface area (Å²) < 4.78 is 31.9. The first-order chi connectivity index (χ1) is 8.06. The van der Waals surface area contributed by atoms with Crippen LogP contribution in [0.1, 0.15) is 34.6 Å². The van der Waals surface area contributed by atoms with Gasteiger partial charge in [-0.3, -0.25) is 4.18 Å². The average molecular weight is 279 g/mol. The Labute approximate surface area is 108 Å². The van der Waals surface area contributed by atoms with Gasteiger partial charge >= 0.3 is 6.09 Å². The van der Waals surface area contributed by atoms with Crippen molar-refractivity contribution >= 4 is 16.2 Å². The Morgan fingerprint density at radius 3 is 2.39 bits per heavy atom. The minimum atomic E-state index is -3.67. The first-order valence-electron chi connectivity index (χ1n) is 5.63. The second-order valence-electron chi connectivity index (χ2n) is 4.66. The third kappa shape index (κ3) is 9.00. The molecule has 0 aliphatic rings. The zero-order chi connectivity index (χ0) is 14.4. The van der Waals surface area contributed by atoms with Gasteiger partial charge in [-0.15, -0.1) is 0 Å². The smallest absolute Gasteiger partial charge is 0.408 e. The molecule has 0 saturated carbocycles. The molecule has 0 aliphatic carbocycles. The van der Waals surface area contributed by atoms with E-state index in [-0.39, 0.29) is 6.61 Å². The van der Waals surface area contributed by atoms with Crippen molar-refractivity contribution in [2.24, 2.45) is 0 Å². The predicted molar refractivity (Wildman–Crippen MR) is 68.5 cm³/mol. The van der Waals surface area contributed by atoms with Gasteiger partial charge in [0.15, 0.2) is 0 Å². The summed E-state index contributed by atoms with van der Waals surface area (Å²) in [5.74, 6) is 0. The molecule has 7 heteroatoms. The second kappa shape index (κ2) is 6.75. The van der Waals surface area contributed by atoms with Crippen molar-refractivity contribution in [1.29, 1.82) is 0 Å². The Balaban J connectivity index is 4.32. The molecule has 0 spiro atoms. The Hall–Kier alpha value is -1.08. The predicted octanol–water partition coefficient (Wildman–Crippen LogP) is 1.78. The number of carbonyl (C=O) groups is 1. The Morgan fingerprint density at radius 1 is 1.39 bits per heavy atom. The molecule has 0 saturated heterocycles. The summed E-state index contributed by atoms with van der Waals surface area (Å²) in [5, 5.41) is 3.40. The van der Waals surface area contributed by atoms with Crippen LogP contribution in [0.4, 0.5) is 4.79 Å². The zero-order valence-electron chi connectivity index (χ0n) is 11.4. The number of ether oxygens (including phenoxy) is 1. The second-order valence-corrected chi connectivity index (χ2v) is 6.16. The van der Waals surface area contributed by atoms with Crippen LogP contribution in [-0.2, 0) is 19.0 Å². The standard InChI is InChI=1S/C11H21NO5S/c1-6-16-18(14,15)8-7-9(2)12-10(13)17-11(3,4)5/h7-9H,6H2,1-5H3,(H,12,13)/b8-7-/t9-/m0/s1. The van der Waals surface area contributed by atoms with Crippen LogP contribution in [0, 0.1) is 0 Å². The van der Waals surface area contributed by atoms with E-state index in [4.69, 9.17) is 4.74 Å². The van der Waals surface area contributed by atoms with Crippen molar-refractivity contribution in [3.63, 3.8) is 0 Å². The number of hydrogen-bond acceptors (Lipinski definition) is 5. The molecule has 1 atom stereocenters. The topological polar surface area (TPSA) is 81.7 Å². The van der Waals surface area contributed by atoms with E-state index >= 15 is 0 Å². The molecule has 0 fully saturated rings. The largest absolute Gasteiger partial charge is 0.444 e. The maximum atomic E-state index is 11.4. The van der Waals surface area contributed by atoms with Gasteiger partial charge in [-0.05, 0) is 40.7 Å². The molecule has 0 rings (SSSR count). The fourth-order valence-corrected chi connectivity index (χ4v) is 1.79. The van der Waals surface area contributed by atoms with E-state index in [9.17, 15) is 13.2 Å². The average Bonchev–Trinajstić information content (AvgIpc) is 2.11. The van der Waals surface area contributed by atoms with E-state index < -0.39 is 27.9 Å². The lowest BCUT2D eigenvalue weighted by atomic mass is 10.2. The fraction of sp³-hybridized carbons (Fsp3) is 0.727. The van der Waals surface area contributed by atoms with Crippen LogP contribution in [0.15, 0.2) is 11.5 Å². The van der Waals surface area contributed by atoms with E-state index in [0.29, 0.717) is 0 Å². The van der Waals surface area contributed by atoms with E-state index in [1.54, 1.807) is 34.6 Å². The number of carbonyl (C=O) groups excluding carboxylic acids is 1. The van der Waals surface area contributed by atoms with Crippen molar-refractivity contribution in [3.8, 4) is 0 Å². The molecule has 0 radical (unpaired) electrons. The van der Waals surface area contributed by atoms with Crippen LogP contribution >= 0.6 is 0 Å². The lowest BCUT2D eigenvalue weighted by Gasteiger charge is -2.20. The van der Waals surface area contributed by atoms with Crippen LogP contribution in [0.25, 0.3) is 0 Å². The Bertz CT molecular complexity index is 394. The molecule has 0 unspecified atom stereocenters. The van der Waals surface area contributed by atoms with Crippen molar-refractivity contribution in [1.82, 2.24) is 5.32 Å². The van der Waals surface area contributed by atoms with Crippen molar-refractivity contribution in [2.75, 3.05) is 6.61 Å². The summed E-state index contributed by atoms with van der Waals surface area (Å²) in [5.41, 5.74) is -0.592. The number of rotatable bonds is 5. The monoisotopic (exact) mass is 279 g/mol. The van der Waals surface area contributed by atoms with Crippen molar-refractivity contribution in [2.45, 2.75) is 46.3 Å². The van der Waals surface area contributed by atoms with Crippen molar-refractivity contribution in [3.05, 3.63) is 11.5 Å². The van der Waals surface area contributed by atoms with Crippen LogP contribution in [0.5, 0.6) is 0 Å². The summed E-state index contributed by atoms with van der Waals surface area (Å²) in [6, 6.07) is -0.477. The molecule has 0 aromatic carbocycles. The first kappa shape index (κ1) is 16.9. The van der Waals surface area contributed by atoms with Gasteiger partial charge in [0.2, 0.25) is 0 Å². The van der Waals surface area contributed by atoms with Gasteiger partial charge in [-0.1, -0.05) is 0 Å². The maximum Gasteiger partial charge on any atom is 0.408 e. The minimum absolute atomic E-state index is 0.0700. The molecule has 1 amide bonds. The zero-order valence-corrected chi connectivity index (χ0v) is 12.2. The highest BCUT2D eigenvalue weighted by molar-refractivity contribution is 7.89. The minimum Gasteiger partial charge on any atom is -0.444 e. The molecular formula is C11H21NO5S. The molecular weight excluding hydrogens is 258 g/mol. The highest BCUT2D eigenvalue weighted by atomic mass is 32.2. The maximum absolute atomic E-state index is 11.4. The quantitative estimate of drug-likeness (QED) is 0.776. The number of alkyl carbamates (subject to hydrolysis) is 1. The molecule has 0 aromatic rings. The van der Waals surface area contributed by atoms with Crippen LogP contribution in [0.3, 0.4) is 0 Å². The van der Waals surface area contributed by atoms with Crippen LogP contribution in [0.2, 0.25) is 0 Å². The number of amides is 1. The summed E-state index contributed by atoms with van der Waals surface area (Å²) >= 11 is 0. The summed E-state index contributed by atoms with van der Waals surface area (Å²) in [4.78, 5) is 11.4. The van der Waals surface area contributed by atoms with Crippen molar-refractivity contribution < 1.29 is 22.1 Å². The number of hydrogen-bond donors (Lipinski definition) is 1. The highest BCUT2D eigenvalue weighted by Crippen LogP contribution is 2.07. The molecule has 6 nitrogen and oxygen atoms in total. The van der Waals surface area contributed by atoms with Gasteiger partial charge in [0.25, 0.3) is 10.1 Å². The van der Waals surface area contributed by atoms with E-state index in [1.807, 2.05) is 0 Å². The lowest BCUT2D eigenvalue weighted by molar-refractivity contribution is 0.0518. The molecule has 1 N–H and O–H groups in total. The highest BCUT2D eigenvalue weighted by Gasteiger charge is 2.17. The van der Waals surface area contributed by atoms with E-state index in [1.165, 1.54) is 6.08 Å². The van der Waals surface area contributed by atoms with Gasteiger partial charge in [0, 0.05) is 6.04 Å². The lowest BCUT2D eigenvalue weighted by Crippen LogP contribution is -2.36. The third-order valence-electron chi connectivity index (χ3n) is 1.56. The van der Waals surface area contributed by atoms with Crippen LogP contribution < -0.4 is 5.32 Å². The summed E-state index contributed by atoms with van der Waals surface area (Å²) in [7, 11) is -3.67. The third-order valence-corrected chi connectivity index (χ3v) is 2.62. The molecule has 0 aliphatic heterocycles. The van der Waals surface area contributed by atoms with Crippen LogP contribution in [-0.4, -0.2) is 32.8 Å². The van der Waals surface area contributed by atoms with Gasteiger partial charge < -0.3 is 10.1 Å². The van der Waals surface area contributed by atoms with Gasteiger partial charge in [-0.25, -0.2) is 4.79 Å². The normalized spacial score (nSPS) is 14.5. The van der Waals surface area contributed by atoms with Gasteiger partial charge in [0.05, 0.1) is 12.0 Å². The Morgan fingerprint density at radius 2 is 1.94 bits per heavy atom. The molecule has 18 heavy (non-hydrogen) atoms. The fourth-order valence-electron chi connectivity index (χ4n) is 0.959. The molecule has 106 valence electrons. The van der Waals surface area contributed by atoms with E-state index in [0.717, 1.165) is 5.41 Å². The number of nitrogens with one attached hydrogen (secondary N) is 1. The van der Waals surface area contributed by atoms with E-state index in [2.05, 4.69) is 9.50 Å². The van der Waals surface area contributed by atoms with Gasteiger partial charge in [-0.2, -0.15) is 8.42 Å². The molecule has 0 aromatic heterocycles.